The van der Waals surface area contributed by atoms with E-state index in [4.69, 9.17) is 11.6 Å². The van der Waals surface area contributed by atoms with E-state index in [9.17, 15) is 19.8 Å². The van der Waals surface area contributed by atoms with Crippen LogP contribution in [0.1, 0.15) is 15.9 Å². The topological polar surface area (TPSA) is 86.6 Å². The van der Waals surface area contributed by atoms with Gasteiger partial charge in [-0.15, -0.1) is 0 Å². The van der Waals surface area contributed by atoms with Crippen molar-refractivity contribution in [2.45, 2.75) is 0 Å². The predicted octanol–water partition coefficient (Wildman–Crippen LogP) is 2.90. The summed E-state index contributed by atoms with van der Waals surface area (Å²) in [6, 6.07) is 12.0. The lowest BCUT2D eigenvalue weighted by Gasteiger charge is -2.06. The molecule has 22 heavy (non-hydrogen) atoms. The van der Waals surface area contributed by atoms with Crippen molar-refractivity contribution in [2.75, 3.05) is 0 Å². The summed E-state index contributed by atoms with van der Waals surface area (Å²) in [4.78, 5) is 23.3. The number of aliphatic carboxylic acids is 1. The maximum atomic E-state index is 12.0. The van der Waals surface area contributed by atoms with Crippen molar-refractivity contribution in [3.8, 4) is 5.75 Å². The highest BCUT2D eigenvalue weighted by atomic mass is 35.5. The van der Waals surface area contributed by atoms with E-state index < -0.39 is 11.9 Å². The molecular weight excluding hydrogens is 306 g/mol. The summed E-state index contributed by atoms with van der Waals surface area (Å²) in [5, 5.41) is 21.2. The fraction of sp³-hybridized carbons (Fsp3) is 0. The minimum atomic E-state index is -1.27. The number of carbonyl (C=O) groups excluding carboxylic acids is 1. The first kappa shape index (κ1) is 15.6. The Morgan fingerprint density at radius 3 is 2.14 bits per heavy atom. The average Bonchev–Trinajstić information content (AvgIpc) is 2.49. The van der Waals surface area contributed by atoms with Gasteiger partial charge in [-0.2, -0.15) is 0 Å². The Morgan fingerprint density at radius 1 is 1.00 bits per heavy atom. The number of hydrogen-bond donors (Lipinski definition) is 3. The van der Waals surface area contributed by atoms with Crippen molar-refractivity contribution in [1.29, 1.82) is 0 Å². The lowest BCUT2D eigenvalue weighted by atomic mass is 10.1. The van der Waals surface area contributed by atoms with Crippen molar-refractivity contribution in [3.05, 3.63) is 70.4 Å². The fourth-order valence-electron chi connectivity index (χ4n) is 1.68. The first-order valence-corrected chi connectivity index (χ1v) is 6.64. The number of halogens is 1. The number of benzene rings is 2. The van der Waals surface area contributed by atoms with Crippen molar-refractivity contribution >= 4 is 29.6 Å². The lowest BCUT2D eigenvalue weighted by molar-refractivity contribution is -0.132. The minimum Gasteiger partial charge on any atom is -0.508 e. The van der Waals surface area contributed by atoms with Crippen LogP contribution in [0.15, 0.2) is 54.2 Å². The highest BCUT2D eigenvalue weighted by molar-refractivity contribution is 6.30. The molecule has 0 fully saturated rings. The standard InChI is InChI=1S/C16H12ClNO4/c17-12-5-3-11(4-6-12)15(20)18-14(16(21)22)9-10-1-7-13(19)8-2-10/h1-9,19H,(H,18,20)(H,21,22). The van der Waals surface area contributed by atoms with Crippen LogP contribution in [0.4, 0.5) is 0 Å². The van der Waals surface area contributed by atoms with Crippen LogP contribution in [0.2, 0.25) is 5.02 Å². The first-order chi connectivity index (χ1) is 10.5. The average molecular weight is 318 g/mol. The molecule has 0 aromatic heterocycles. The van der Waals surface area contributed by atoms with Crippen molar-refractivity contribution in [1.82, 2.24) is 5.32 Å². The Balaban J connectivity index is 2.21. The zero-order valence-electron chi connectivity index (χ0n) is 11.3. The van der Waals surface area contributed by atoms with Gasteiger partial charge in [-0.05, 0) is 48.0 Å². The number of nitrogens with one attached hydrogen (secondary N) is 1. The molecule has 0 saturated heterocycles. The maximum absolute atomic E-state index is 12.0. The molecule has 0 radical (unpaired) electrons. The summed E-state index contributed by atoms with van der Waals surface area (Å²) in [5.74, 6) is -1.75. The molecule has 0 atom stereocenters. The van der Waals surface area contributed by atoms with Crippen LogP contribution in [0.5, 0.6) is 5.75 Å². The van der Waals surface area contributed by atoms with E-state index in [1.54, 1.807) is 12.1 Å². The minimum absolute atomic E-state index is 0.0687. The van der Waals surface area contributed by atoms with Crippen LogP contribution in [0.3, 0.4) is 0 Å². The second-order valence-electron chi connectivity index (χ2n) is 4.42. The molecule has 3 N–H and O–H groups in total. The zero-order valence-corrected chi connectivity index (χ0v) is 12.0. The number of hydrogen-bond acceptors (Lipinski definition) is 3. The molecule has 0 aliphatic carbocycles. The Morgan fingerprint density at radius 2 is 1.59 bits per heavy atom. The van der Waals surface area contributed by atoms with E-state index in [-0.39, 0.29) is 11.4 Å². The second kappa shape index (κ2) is 6.78. The number of carbonyl (C=O) groups is 2. The van der Waals surface area contributed by atoms with E-state index >= 15 is 0 Å². The lowest BCUT2D eigenvalue weighted by Crippen LogP contribution is -2.27. The van der Waals surface area contributed by atoms with Gasteiger partial charge >= 0.3 is 5.97 Å². The van der Waals surface area contributed by atoms with Gasteiger partial charge < -0.3 is 15.5 Å². The van der Waals surface area contributed by atoms with Gasteiger partial charge in [0, 0.05) is 10.6 Å². The molecule has 0 saturated carbocycles. The third-order valence-electron chi connectivity index (χ3n) is 2.79. The highest BCUT2D eigenvalue weighted by Crippen LogP contribution is 2.13. The van der Waals surface area contributed by atoms with Gasteiger partial charge in [0.1, 0.15) is 11.4 Å². The first-order valence-electron chi connectivity index (χ1n) is 6.26. The van der Waals surface area contributed by atoms with Crippen molar-refractivity contribution in [3.63, 3.8) is 0 Å². The number of carboxylic acid groups (broad SMARTS) is 1. The van der Waals surface area contributed by atoms with Gasteiger partial charge in [0.15, 0.2) is 0 Å². The van der Waals surface area contributed by atoms with Crippen LogP contribution < -0.4 is 5.32 Å². The van der Waals surface area contributed by atoms with Gasteiger partial charge in [-0.1, -0.05) is 23.7 Å². The molecule has 1 amide bonds. The van der Waals surface area contributed by atoms with Gasteiger partial charge in [0.2, 0.25) is 0 Å². The Labute approximate surface area is 131 Å². The molecule has 112 valence electrons. The van der Waals surface area contributed by atoms with Gasteiger partial charge in [-0.25, -0.2) is 4.79 Å². The third-order valence-corrected chi connectivity index (χ3v) is 3.04. The van der Waals surface area contributed by atoms with E-state index in [0.717, 1.165) is 0 Å². The van der Waals surface area contributed by atoms with Crippen LogP contribution in [-0.2, 0) is 4.79 Å². The molecule has 6 heteroatoms. The normalized spacial score (nSPS) is 11.0. The van der Waals surface area contributed by atoms with Crippen molar-refractivity contribution in [2.24, 2.45) is 0 Å². The van der Waals surface area contributed by atoms with Gasteiger partial charge in [0.25, 0.3) is 5.91 Å². The van der Waals surface area contributed by atoms with Crippen LogP contribution >= 0.6 is 11.6 Å². The molecule has 0 unspecified atom stereocenters. The summed E-state index contributed by atoms with van der Waals surface area (Å²) >= 11 is 5.73. The predicted molar refractivity (Wildman–Crippen MR) is 82.6 cm³/mol. The summed E-state index contributed by atoms with van der Waals surface area (Å²) in [6.45, 7) is 0. The number of rotatable bonds is 4. The molecular formula is C16H12ClNO4. The molecule has 0 bridgehead atoms. The SMILES string of the molecule is O=C(O)C(=Cc1ccc(O)cc1)NC(=O)c1ccc(Cl)cc1. The largest absolute Gasteiger partial charge is 0.508 e. The molecule has 0 heterocycles. The molecule has 2 aromatic rings. The zero-order chi connectivity index (χ0) is 16.1. The molecule has 0 spiro atoms. The van der Waals surface area contributed by atoms with Crippen LogP contribution in [0.25, 0.3) is 6.08 Å². The van der Waals surface area contributed by atoms with Crippen LogP contribution in [-0.4, -0.2) is 22.1 Å². The van der Waals surface area contributed by atoms with E-state index in [2.05, 4.69) is 5.32 Å². The molecule has 0 aliphatic rings. The number of amides is 1. The number of aromatic hydroxyl groups is 1. The summed E-state index contributed by atoms with van der Waals surface area (Å²) in [6.07, 6.45) is 1.30. The summed E-state index contributed by atoms with van der Waals surface area (Å²) < 4.78 is 0. The molecule has 2 rings (SSSR count). The van der Waals surface area contributed by atoms with E-state index in [1.165, 1.54) is 42.5 Å². The molecule has 5 nitrogen and oxygen atoms in total. The fourth-order valence-corrected chi connectivity index (χ4v) is 1.81. The van der Waals surface area contributed by atoms with Crippen molar-refractivity contribution < 1.29 is 19.8 Å². The smallest absolute Gasteiger partial charge is 0.352 e. The van der Waals surface area contributed by atoms with Crippen LogP contribution in [0, 0.1) is 0 Å². The summed E-state index contributed by atoms with van der Waals surface area (Å²) in [7, 11) is 0. The maximum Gasteiger partial charge on any atom is 0.352 e. The Hall–Kier alpha value is -2.79. The number of phenols is 1. The second-order valence-corrected chi connectivity index (χ2v) is 4.85. The monoisotopic (exact) mass is 317 g/mol. The quantitative estimate of drug-likeness (QED) is 0.757. The Kier molecular flexibility index (Phi) is 4.80. The number of phenolic OH excluding ortho intramolecular Hbond substituents is 1. The molecule has 2 aromatic carbocycles. The highest BCUT2D eigenvalue weighted by Gasteiger charge is 2.13. The summed E-state index contributed by atoms with van der Waals surface area (Å²) in [5.41, 5.74) is 0.555. The number of carboxylic acids is 1. The Bertz CT molecular complexity index is 721. The van der Waals surface area contributed by atoms with E-state index in [1.807, 2.05) is 0 Å². The van der Waals surface area contributed by atoms with Gasteiger partial charge in [0.05, 0.1) is 0 Å². The van der Waals surface area contributed by atoms with E-state index in [0.29, 0.717) is 16.1 Å². The van der Waals surface area contributed by atoms with Gasteiger partial charge in [-0.3, -0.25) is 4.79 Å². The molecule has 0 aliphatic heterocycles. The third kappa shape index (κ3) is 4.10.